The van der Waals surface area contributed by atoms with Gasteiger partial charge >= 0.3 is 0 Å². The number of para-hydroxylation sites is 1. The average molecular weight is 418 g/mol. The minimum Gasteiger partial charge on any atom is -0.497 e. The Balaban J connectivity index is 1.44. The minimum atomic E-state index is -0.767. The van der Waals surface area contributed by atoms with Crippen molar-refractivity contribution in [1.82, 2.24) is 4.90 Å². The van der Waals surface area contributed by atoms with E-state index in [1.807, 2.05) is 23.1 Å². The standard InChI is InChI=1S/C23H28F2N2O3/c1-29-18-12-17(13-19(14-18)30-2)7-6-16-8-10-27(11-9-16)15-22(28)26-23-20(24)4-3-5-21(23)25/h3-5,12-14,16H,6-11,15H2,1-2H3,(H,26,28). The molecular formula is C23H28F2N2O3. The van der Waals surface area contributed by atoms with Gasteiger partial charge in [0.2, 0.25) is 5.91 Å². The first-order valence-corrected chi connectivity index (χ1v) is 10.2. The van der Waals surface area contributed by atoms with Gasteiger partial charge in [-0.1, -0.05) is 6.07 Å². The third kappa shape index (κ3) is 5.92. The highest BCUT2D eigenvalue weighted by molar-refractivity contribution is 5.92. The molecule has 0 radical (unpaired) electrons. The van der Waals surface area contributed by atoms with Crippen molar-refractivity contribution >= 4 is 11.6 Å². The van der Waals surface area contributed by atoms with Gasteiger partial charge in [-0.3, -0.25) is 9.69 Å². The monoisotopic (exact) mass is 418 g/mol. The van der Waals surface area contributed by atoms with Crippen LogP contribution in [0.3, 0.4) is 0 Å². The Hall–Kier alpha value is -2.67. The zero-order chi connectivity index (χ0) is 21.5. The number of hydrogen-bond acceptors (Lipinski definition) is 4. The zero-order valence-electron chi connectivity index (χ0n) is 17.4. The van der Waals surface area contributed by atoms with Crippen LogP contribution in [0.2, 0.25) is 0 Å². The van der Waals surface area contributed by atoms with E-state index in [0.717, 1.165) is 62.4 Å². The van der Waals surface area contributed by atoms with Crippen LogP contribution in [-0.4, -0.2) is 44.7 Å². The van der Waals surface area contributed by atoms with Crippen molar-refractivity contribution in [3.63, 3.8) is 0 Å². The number of anilines is 1. The van der Waals surface area contributed by atoms with E-state index < -0.39 is 17.5 Å². The smallest absolute Gasteiger partial charge is 0.238 e. The highest BCUT2D eigenvalue weighted by atomic mass is 19.1. The number of methoxy groups -OCH3 is 2. The quantitative estimate of drug-likeness (QED) is 0.696. The van der Waals surface area contributed by atoms with Crippen molar-refractivity contribution in [2.75, 3.05) is 39.2 Å². The zero-order valence-corrected chi connectivity index (χ0v) is 17.4. The van der Waals surface area contributed by atoms with Crippen LogP contribution >= 0.6 is 0 Å². The first kappa shape index (κ1) is 22.0. The fourth-order valence-corrected chi connectivity index (χ4v) is 3.81. The van der Waals surface area contributed by atoms with Gasteiger partial charge in [-0.15, -0.1) is 0 Å². The maximum Gasteiger partial charge on any atom is 0.238 e. The molecule has 1 N–H and O–H groups in total. The predicted octanol–water partition coefficient (Wildman–Crippen LogP) is 4.27. The van der Waals surface area contributed by atoms with Crippen LogP contribution in [-0.2, 0) is 11.2 Å². The second-order valence-electron chi connectivity index (χ2n) is 7.62. The Morgan fingerprint density at radius 2 is 1.67 bits per heavy atom. The number of likely N-dealkylation sites (tertiary alicyclic amines) is 1. The first-order valence-electron chi connectivity index (χ1n) is 10.2. The topological polar surface area (TPSA) is 50.8 Å². The van der Waals surface area contributed by atoms with Gasteiger partial charge in [0.15, 0.2) is 0 Å². The summed E-state index contributed by atoms with van der Waals surface area (Å²) in [7, 11) is 3.29. The lowest BCUT2D eigenvalue weighted by molar-refractivity contribution is -0.117. The molecule has 0 bridgehead atoms. The molecule has 0 unspecified atom stereocenters. The predicted molar refractivity (Wildman–Crippen MR) is 112 cm³/mol. The molecule has 0 spiro atoms. The molecule has 5 nitrogen and oxygen atoms in total. The van der Waals surface area contributed by atoms with E-state index in [1.54, 1.807) is 14.2 Å². The number of amides is 1. The van der Waals surface area contributed by atoms with Crippen molar-refractivity contribution in [3.8, 4) is 11.5 Å². The molecule has 3 rings (SSSR count). The molecule has 0 saturated carbocycles. The van der Waals surface area contributed by atoms with Gasteiger partial charge in [0.1, 0.15) is 28.8 Å². The van der Waals surface area contributed by atoms with Crippen LogP contribution in [0.25, 0.3) is 0 Å². The Labute approximate surface area is 176 Å². The number of carbonyl (C=O) groups excluding carboxylic acids is 1. The number of benzene rings is 2. The number of nitrogens with one attached hydrogen (secondary N) is 1. The Morgan fingerprint density at radius 3 is 2.23 bits per heavy atom. The summed E-state index contributed by atoms with van der Waals surface area (Å²) in [6.45, 7) is 1.71. The summed E-state index contributed by atoms with van der Waals surface area (Å²) in [6, 6.07) is 9.45. The summed E-state index contributed by atoms with van der Waals surface area (Å²) < 4.78 is 38.0. The molecule has 162 valence electrons. The molecule has 2 aromatic carbocycles. The molecule has 1 fully saturated rings. The van der Waals surface area contributed by atoms with Crippen molar-refractivity contribution < 1.29 is 23.0 Å². The maximum absolute atomic E-state index is 13.7. The number of nitrogens with zero attached hydrogens (tertiary/aromatic N) is 1. The SMILES string of the molecule is COc1cc(CCC2CCN(CC(=O)Nc3c(F)cccc3F)CC2)cc(OC)c1. The number of piperidine rings is 1. The van der Waals surface area contributed by atoms with Crippen LogP contribution < -0.4 is 14.8 Å². The van der Waals surface area contributed by atoms with Crippen LogP contribution in [0.1, 0.15) is 24.8 Å². The molecule has 2 aromatic rings. The summed E-state index contributed by atoms with van der Waals surface area (Å²) in [5.74, 6) is 0.215. The van der Waals surface area contributed by atoms with Gasteiger partial charge in [0.05, 0.1) is 20.8 Å². The van der Waals surface area contributed by atoms with E-state index in [2.05, 4.69) is 5.32 Å². The largest absolute Gasteiger partial charge is 0.497 e. The third-order valence-corrected chi connectivity index (χ3v) is 5.55. The van der Waals surface area contributed by atoms with Gasteiger partial charge in [0, 0.05) is 6.07 Å². The van der Waals surface area contributed by atoms with Crippen LogP contribution in [0.15, 0.2) is 36.4 Å². The summed E-state index contributed by atoms with van der Waals surface area (Å²) in [5.41, 5.74) is 0.797. The van der Waals surface area contributed by atoms with E-state index in [0.29, 0.717) is 5.92 Å². The second kappa shape index (κ2) is 10.4. The number of hydrogen-bond donors (Lipinski definition) is 1. The summed E-state index contributed by atoms with van der Waals surface area (Å²) >= 11 is 0. The molecule has 30 heavy (non-hydrogen) atoms. The second-order valence-corrected chi connectivity index (χ2v) is 7.62. The lowest BCUT2D eigenvalue weighted by Crippen LogP contribution is -2.39. The molecule has 1 heterocycles. The van der Waals surface area contributed by atoms with Gasteiger partial charge in [0.25, 0.3) is 0 Å². The third-order valence-electron chi connectivity index (χ3n) is 5.55. The molecule has 1 aliphatic heterocycles. The summed E-state index contributed by atoms with van der Waals surface area (Å²) in [4.78, 5) is 14.2. The van der Waals surface area contributed by atoms with Gasteiger partial charge < -0.3 is 14.8 Å². The van der Waals surface area contributed by atoms with E-state index >= 15 is 0 Å². The minimum absolute atomic E-state index is 0.133. The number of halogens is 2. The number of rotatable bonds is 8. The van der Waals surface area contributed by atoms with Crippen LogP contribution in [0, 0.1) is 17.6 Å². The number of ether oxygens (including phenoxy) is 2. The van der Waals surface area contributed by atoms with E-state index in [-0.39, 0.29) is 12.2 Å². The highest BCUT2D eigenvalue weighted by Crippen LogP contribution is 2.27. The highest BCUT2D eigenvalue weighted by Gasteiger charge is 2.22. The van der Waals surface area contributed by atoms with E-state index in [4.69, 9.17) is 9.47 Å². The number of aryl methyl sites for hydroxylation is 1. The molecule has 1 amide bonds. The molecule has 1 aliphatic rings. The molecule has 1 saturated heterocycles. The Bertz CT molecular complexity index is 825. The molecule has 0 atom stereocenters. The molecular weight excluding hydrogens is 390 g/mol. The van der Waals surface area contributed by atoms with Crippen molar-refractivity contribution in [2.24, 2.45) is 5.92 Å². The van der Waals surface area contributed by atoms with Crippen LogP contribution in [0.4, 0.5) is 14.5 Å². The fraction of sp³-hybridized carbons (Fsp3) is 0.435. The fourth-order valence-electron chi connectivity index (χ4n) is 3.81. The summed E-state index contributed by atoms with van der Waals surface area (Å²) in [5, 5.41) is 2.35. The first-order chi connectivity index (χ1) is 14.5. The lowest BCUT2D eigenvalue weighted by Gasteiger charge is -2.31. The maximum atomic E-state index is 13.7. The van der Waals surface area contributed by atoms with Gasteiger partial charge in [-0.2, -0.15) is 0 Å². The molecule has 0 aromatic heterocycles. The number of carbonyl (C=O) groups is 1. The normalized spacial score (nSPS) is 15.1. The Morgan fingerprint density at radius 1 is 1.07 bits per heavy atom. The van der Waals surface area contributed by atoms with Crippen molar-refractivity contribution in [2.45, 2.75) is 25.7 Å². The molecule has 7 heteroatoms. The molecule has 0 aliphatic carbocycles. The lowest BCUT2D eigenvalue weighted by atomic mass is 9.90. The van der Waals surface area contributed by atoms with Crippen LogP contribution in [0.5, 0.6) is 11.5 Å². The van der Waals surface area contributed by atoms with E-state index in [9.17, 15) is 13.6 Å². The summed E-state index contributed by atoms with van der Waals surface area (Å²) in [6.07, 6.45) is 3.97. The van der Waals surface area contributed by atoms with E-state index in [1.165, 1.54) is 11.6 Å². The van der Waals surface area contributed by atoms with Gasteiger partial charge in [-0.25, -0.2) is 8.78 Å². The van der Waals surface area contributed by atoms with Gasteiger partial charge in [-0.05, 0) is 74.5 Å². The Kier molecular flexibility index (Phi) is 7.63. The average Bonchev–Trinajstić information content (AvgIpc) is 2.75. The van der Waals surface area contributed by atoms with Crippen molar-refractivity contribution in [1.29, 1.82) is 0 Å². The van der Waals surface area contributed by atoms with Crippen molar-refractivity contribution in [3.05, 3.63) is 53.6 Å².